The van der Waals surface area contributed by atoms with Crippen LogP contribution in [-0.4, -0.2) is 56.9 Å². The number of hydrogen-bond acceptors (Lipinski definition) is 7. The predicted octanol–water partition coefficient (Wildman–Crippen LogP) is 1.87. The number of benzene rings is 1. The highest BCUT2D eigenvalue weighted by molar-refractivity contribution is 7.89. The number of anilines is 2. The number of carbonyl (C=O) groups excluding carboxylic acids is 1. The molecule has 1 N–H and O–H groups in total. The summed E-state index contributed by atoms with van der Waals surface area (Å²) in [6, 6.07) is 9.05. The van der Waals surface area contributed by atoms with E-state index in [-0.39, 0.29) is 17.6 Å². The fraction of sp³-hybridized carbons (Fsp3) is 0.450. The minimum Gasteiger partial charge on any atom is -0.378 e. The first kappa shape index (κ1) is 19.8. The molecule has 1 aromatic heterocycles. The molecular formula is C20H24N4O4S. The van der Waals surface area contributed by atoms with Crippen LogP contribution in [0.5, 0.6) is 0 Å². The number of sulfone groups is 1. The highest BCUT2D eigenvalue weighted by atomic mass is 32.2. The summed E-state index contributed by atoms with van der Waals surface area (Å²) in [5, 5.41) is 2.91. The van der Waals surface area contributed by atoms with E-state index in [1.165, 1.54) is 6.26 Å². The van der Waals surface area contributed by atoms with E-state index in [0.29, 0.717) is 43.6 Å². The van der Waals surface area contributed by atoms with E-state index in [9.17, 15) is 13.2 Å². The molecule has 9 heteroatoms. The van der Waals surface area contributed by atoms with Gasteiger partial charge in [0.1, 0.15) is 5.82 Å². The standard InChI is InChI=1S/C20H24N4O4S/c1-29(26,27)13-17-12-18(24-8-10-28-11-9-24)23-19(21-17)14-4-6-16(7-5-14)22-20(25)15-2-3-15/h4-7,12,15H,2-3,8-11,13H2,1H3,(H,22,25). The Bertz CT molecular complexity index is 998. The van der Waals surface area contributed by atoms with Gasteiger partial charge in [-0.25, -0.2) is 18.4 Å². The molecule has 2 aliphatic rings. The van der Waals surface area contributed by atoms with Gasteiger partial charge in [0, 0.05) is 42.6 Å². The summed E-state index contributed by atoms with van der Waals surface area (Å²) >= 11 is 0. The monoisotopic (exact) mass is 416 g/mol. The van der Waals surface area contributed by atoms with E-state index in [1.54, 1.807) is 6.07 Å². The zero-order valence-electron chi connectivity index (χ0n) is 16.3. The van der Waals surface area contributed by atoms with Crippen LogP contribution in [0.25, 0.3) is 11.4 Å². The predicted molar refractivity (Wildman–Crippen MR) is 110 cm³/mol. The number of rotatable bonds is 6. The molecule has 29 heavy (non-hydrogen) atoms. The Balaban J connectivity index is 1.62. The minimum absolute atomic E-state index is 0.0544. The average Bonchev–Trinajstić information content (AvgIpc) is 3.53. The molecule has 1 amide bonds. The van der Waals surface area contributed by atoms with Crippen molar-refractivity contribution in [2.45, 2.75) is 18.6 Å². The summed E-state index contributed by atoms with van der Waals surface area (Å²) in [5.41, 5.74) is 1.95. The van der Waals surface area contributed by atoms with Crippen molar-refractivity contribution >= 4 is 27.2 Å². The molecule has 154 valence electrons. The van der Waals surface area contributed by atoms with E-state index < -0.39 is 9.84 Å². The maximum Gasteiger partial charge on any atom is 0.227 e. The third kappa shape index (κ3) is 5.30. The molecule has 1 saturated heterocycles. The van der Waals surface area contributed by atoms with Crippen LogP contribution in [0.4, 0.5) is 11.5 Å². The lowest BCUT2D eigenvalue weighted by atomic mass is 10.2. The molecule has 2 aromatic rings. The Morgan fingerprint density at radius 2 is 1.86 bits per heavy atom. The van der Waals surface area contributed by atoms with Crippen molar-refractivity contribution in [3.8, 4) is 11.4 Å². The molecule has 2 fully saturated rings. The maximum absolute atomic E-state index is 11.9. The second-order valence-corrected chi connectivity index (χ2v) is 9.69. The summed E-state index contributed by atoms with van der Waals surface area (Å²) in [4.78, 5) is 23.1. The number of aromatic nitrogens is 2. The summed E-state index contributed by atoms with van der Waals surface area (Å²) in [6.07, 6.45) is 3.10. The average molecular weight is 417 g/mol. The summed E-state index contributed by atoms with van der Waals surface area (Å²) in [5.74, 6) is 1.21. The van der Waals surface area contributed by atoms with Crippen LogP contribution in [-0.2, 0) is 25.1 Å². The van der Waals surface area contributed by atoms with E-state index in [2.05, 4.69) is 20.2 Å². The first-order valence-electron chi connectivity index (χ1n) is 9.67. The van der Waals surface area contributed by atoms with Crippen LogP contribution in [0.15, 0.2) is 30.3 Å². The van der Waals surface area contributed by atoms with Crippen molar-refractivity contribution in [2.24, 2.45) is 5.92 Å². The Morgan fingerprint density at radius 1 is 1.17 bits per heavy atom. The van der Waals surface area contributed by atoms with Gasteiger partial charge in [-0.05, 0) is 37.1 Å². The largest absolute Gasteiger partial charge is 0.378 e. The molecule has 0 atom stereocenters. The number of carbonyl (C=O) groups is 1. The second kappa shape index (κ2) is 8.08. The number of nitrogens with one attached hydrogen (secondary N) is 1. The molecule has 1 aliphatic carbocycles. The number of amides is 1. The fourth-order valence-electron chi connectivity index (χ4n) is 3.20. The SMILES string of the molecule is CS(=O)(=O)Cc1cc(N2CCOCC2)nc(-c2ccc(NC(=O)C3CC3)cc2)n1. The number of nitrogens with zero attached hydrogens (tertiary/aromatic N) is 3. The molecule has 2 heterocycles. The van der Waals surface area contributed by atoms with Crippen molar-refractivity contribution in [3.05, 3.63) is 36.0 Å². The summed E-state index contributed by atoms with van der Waals surface area (Å²) in [6.45, 7) is 2.61. The smallest absolute Gasteiger partial charge is 0.227 e. The first-order chi connectivity index (χ1) is 13.9. The van der Waals surface area contributed by atoms with E-state index in [1.807, 2.05) is 24.3 Å². The number of hydrogen-bond donors (Lipinski definition) is 1. The molecule has 0 unspecified atom stereocenters. The van der Waals surface area contributed by atoms with Crippen LogP contribution >= 0.6 is 0 Å². The normalized spacial score (nSPS) is 17.2. The van der Waals surface area contributed by atoms with Crippen LogP contribution in [0.1, 0.15) is 18.5 Å². The van der Waals surface area contributed by atoms with Gasteiger partial charge in [0.15, 0.2) is 15.7 Å². The lowest BCUT2D eigenvalue weighted by molar-refractivity contribution is -0.117. The van der Waals surface area contributed by atoms with E-state index >= 15 is 0 Å². The van der Waals surface area contributed by atoms with Gasteiger partial charge in [0.25, 0.3) is 0 Å². The molecular weight excluding hydrogens is 392 g/mol. The molecule has 1 saturated carbocycles. The van der Waals surface area contributed by atoms with Gasteiger partial charge >= 0.3 is 0 Å². The van der Waals surface area contributed by atoms with Crippen LogP contribution in [0, 0.1) is 5.92 Å². The second-order valence-electron chi connectivity index (χ2n) is 7.55. The third-order valence-corrected chi connectivity index (χ3v) is 5.69. The van der Waals surface area contributed by atoms with Crippen molar-refractivity contribution in [1.29, 1.82) is 0 Å². The van der Waals surface area contributed by atoms with Crippen LogP contribution in [0.2, 0.25) is 0 Å². The van der Waals surface area contributed by atoms with Crippen molar-refractivity contribution in [2.75, 3.05) is 42.8 Å². The minimum atomic E-state index is -3.23. The number of ether oxygens (including phenoxy) is 1. The quantitative estimate of drug-likeness (QED) is 0.767. The number of morpholine rings is 1. The Hall–Kier alpha value is -2.52. The van der Waals surface area contributed by atoms with E-state index in [4.69, 9.17) is 4.74 Å². The zero-order chi connectivity index (χ0) is 20.4. The van der Waals surface area contributed by atoms with E-state index in [0.717, 1.165) is 24.1 Å². The summed E-state index contributed by atoms with van der Waals surface area (Å²) in [7, 11) is -3.23. The fourth-order valence-corrected chi connectivity index (χ4v) is 3.89. The van der Waals surface area contributed by atoms with Crippen molar-refractivity contribution in [1.82, 2.24) is 9.97 Å². The third-order valence-electron chi connectivity index (χ3n) is 4.87. The first-order valence-corrected chi connectivity index (χ1v) is 11.7. The van der Waals surface area contributed by atoms with Gasteiger partial charge in [0.05, 0.1) is 24.7 Å². The molecule has 8 nitrogen and oxygen atoms in total. The molecule has 1 aliphatic heterocycles. The lowest BCUT2D eigenvalue weighted by Gasteiger charge is -2.28. The summed E-state index contributed by atoms with van der Waals surface area (Å²) < 4.78 is 29.0. The Labute approximate surface area is 170 Å². The molecule has 0 bridgehead atoms. The van der Waals surface area contributed by atoms with Gasteiger partial charge in [-0.2, -0.15) is 0 Å². The van der Waals surface area contributed by atoms with Crippen LogP contribution in [0.3, 0.4) is 0 Å². The van der Waals surface area contributed by atoms with Crippen molar-refractivity contribution < 1.29 is 17.9 Å². The van der Waals surface area contributed by atoms with Gasteiger partial charge in [-0.3, -0.25) is 4.79 Å². The van der Waals surface area contributed by atoms with Gasteiger partial charge in [0.2, 0.25) is 5.91 Å². The maximum atomic E-state index is 11.9. The zero-order valence-corrected chi connectivity index (χ0v) is 17.1. The topological polar surface area (TPSA) is 101 Å². The molecule has 1 aromatic carbocycles. The highest BCUT2D eigenvalue weighted by Crippen LogP contribution is 2.30. The molecule has 0 radical (unpaired) electrons. The highest BCUT2D eigenvalue weighted by Gasteiger charge is 2.29. The Kier molecular flexibility index (Phi) is 5.51. The van der Waals surface area contributed by atoms with Crippen LogP contribution < -0.4 is 10.2 Å². The van der Waals surface area contributed by atoms with Crippen molar-refractivity contribution in [3.63, 3.8) is 0 Å². The van der Waals surface area contributed by atoms with Gasteiger partial charge in [-0.15, -0.1) is 0 Å². The van der Waals surface area contributed by atoms with Gasteiger partial charge in [-0.1, -0.05) is 0 Å². The lowest BCUT2D eigenvalue weighted by Crippen LogP contribution is -2.37. The molecule has 4 rings (SSSR count). The Morgan fingerprint density at radius 3 is 2.48 bits per heavy atom. The van der Waals surface area contributed by atoms with Gasteiger partial charge < -0.3 is 15.0 Å². The molecule has 0 spiro atoms.